The van der Waals surface area contributed by atoms with Crippen LogP contribution in [0.1, 0.15) is 39.0 Å². The monoisotopic (exact) mass is 219 g/mol. The maximum absolute atomic E-state index is 11.1. The Morgan fingerprint density at radius 3 is 2.71 bits per heavy atom. The van der Waals surface area contributed by atoms with E-state index in [1.54, 1.807) is 0 Å². The lowest BCUT2D eigenvalue weighted by Crippen LogP contribution is -2.39. The predicted molar refractivity (Wildman–Crippen MR) is 56.4 cm³/mol. The molecule has 0 unspecified atom stereocenters. The van der Waals surface area contributed by atoms with Gasteiger partial charge in [-0.15, -0.1) is 0 Å². The molecule has 0 bridgehead atoms. The molecule has 0 saturated heterocycles. The van der Waals surface area contributed by atoms with Gasteiger partial charge in [0.1, 0.15) is 0 Å². The van der Waals surface area contributed by atoms with Crippen molar-refractivity contribution in [3.05, 3.63) is 0 Å². The van der Waals surface area contributed by atoms with Gasteiger partial charge >= 0.3 is 6.09 Å². The van der Waals surface area contributed by atoms with Crippen molar-refractivity contribution in [2.45, 2.75) is 45.1 Å². The molecule has 14 heavy (non-hydrogen) atoms. The fourth-order valence-electron chi connectivity index (χ4n) is 2.03. The van der Waals surface area contributed by atoms with E-state index in [1.165, 1.54) is 32.1 Å². The average molecular weight is 220 g/mol. The molecule has 0 spiro atoms. The second-order valence-corrected chi connectivity index (χ2v) is 4.09. The first kappa shape index (κ1) is 11.6. The van der Waals surface area contributed by atoms with Crippen LogP contribution in [0.5, 0.6) is 0 Å². The number of hydrogen-bond donors (Lipinski definition) is 1. The summed E-state index contributed by atoms with van der Waals surface area (Å²) in [5, 5.41) is 2.80. The van der Waals surface area contributed by atoms with E-state index in [0.29, 0.717) is 5.92 Å². The Hall–Kier alpha value is -0.440. The third kappa shape index (κ3) is 3.74. The van der Waals surface area contributed by atoms with Crippen molar-refractivity contribution in [1.82, 2.24) is 5.32 Å². The van der Waals surface area contributed by atoms with Gasteiger partial charge in [-0.1, -0.05) is 30.9 Å². The van der Waals surface area contributed by atoms with Gasteiger partial charge < -0.3 is 10.1 Å². The first-order valence-corrected chi connectivity index (χ1v) is 5.76. The van der Waals surface area contributed by atoms with Gasteiger partial charge in [0.15, 0.2) is 6.07 Å². The van der Waals surface area contributed by atoms with Crippen LogP contribution in [0.15, 0.2) is 0 Å². The average Bonchev–Trinajstić information content (AvgIpc) is 2.19. The molecule has 1 fully saturated rings. The number of alkyl halides is 1. The van der Waals surface area contributed by atoms with Crippen LogP contribution >= 0.6 is 11.6 Å². The standard InChI is InChI=1S/C10H18ClNO2/c1-8(12-10(13)14-7-11)9-5-3-2-4-6-9/h8-9H,2-7H2,1H3,(H,12,13)/t8-/m1/s1. The second kappa shape index (κ2) is 6.12. The van der Waals surface area contributed by atoms with Crippen LogP contribution in [0.2, 0.25) is 0 Å². The molecule has 0 aromatic heterocycles. The van der Waals surface area contributed by atoms with Gasteiger partial charge in [0, 0.05) is 6.04 Å². The van der Waals surface area contributed by atoms with Crippen molar-refractivity contribution in [2.24, 2.45) is 5.92 Å². The van der Waals surface area contributed by atoms with Crippen LogP contribution in [0.25, 0.3) is 0 Å². The lowest BCUT2D eigenvalue weighted by atomic mass is 9.85. The smallest absolute Gasteiger partial charge is 0.408 e. The predicted octanol–water partition coefficient (Wildman–Crippen LogP) is 2.88. The number of nitrogens with one attached hydrogen (secondary N) is 1. The second-order valence-electron chi connectivity index (χ2n) is 3.87. The molecule has 1 rings (SSSR count). The normalized spacial score (nSPS) is 20.1. The van der Waals surface area contributed by atoms with Gasteiger partial charge in [0.2, 0.25) is 0 Å². The lowest BCUT2D eigenvalue weighted by molar-refractivity contribution is 0.153. The topological polar surface area (TPSA) is 38.3 Å². The summed E-state index contributed by atoms with van der Waals surface area (Å²) in [6, 6.07) is 0.120. The summed E-state index contributed by atoms with van der Waals surface area (Å²) in [4.78, 5) is 11.1. The van der Waals surface area contributed by atoms with Crippen LogP contribution in [0.4, 0.5) is 4.79 Å². The molecule has 3 nitrogen and oxygen atoms in total. The number of hydrogen-bond acceptors (Lipinski definition) is 2. The summed E-state index contributed by atoms with van der Waals surface area (Å²) in [5.41, 5.74) is 0. The van der Waals surface area contributed by atoms with E-state index < -0.39 is 6.09 Å². The first-order chi connectivity index (χ1) is 6.74. The fraction of sp³-hybridized carbons (Fsp3) is 0.900. The van der Waals surface area contributed by atoms with Crippen molar-refractivity contribution in [3.63, 3.8) is 0 Å². The van der Waals surface area contributed by atoms with Gasteiger partial charge in [-0.25, -0.2) is 4.79 Å². The van der Waals surface area contributed by atoms with Gasteiger partial charge in [0.05, 0.1) is 0 Å². The minimum atomic E-state index is -0.405. The van der Waals surface area contributed by atoms with Crippen molar-refractivity contribution in [3.8, 4) is 0 Å². The minimum Gasteiger partial charge on any atom is -0.433 e. The van der Waals surface area contributed by atoms with E-state index in [4.69, 9.17) is 11.6 Å². The highest BCUT2D eigenvalue weighted by molar-refractivity contribution is 6.17. The number of alkyl carbamates (subject to hydrolysis) is 1. The molecule has 82 valence electrons. The summed E-state index contributed by atoms with van der Waals surface area (Å²) in [6.07, 6.45) is 5.90. The maximum Gasteiger partial charge on any atom is 0.408 e. The van der Waals surface area contributed by atoms with Crippen molar-refractivity contribution in [2.75, 3.05) is 6.07 Å². The van der Waals surface area contributed by atoms with Crippen molar-refractivity contribution >= 4 is 17.7 Å². The maximum atomic E-state index is 11.1. The number of amides is 1. The van der Waals surface area contributed by atoms with Crippen LogP contribution < -0.4 is 5.32 Å². The zero-order chi connectivity index (χ0) is 10.4. The molecular formula is C10H18ClNO2. The van der Waals surface area contributed by atoms with Gasteiger partial charge in [-0.05, 0) is 25.7 Å². The highest BCUT2D eigenvalue weighted by atomic mass is 35.5. The molecule has 1 aliphatic carbocycles. The zero-order valence-corrected chi connectivity index (χ0v) is 9.35. The third-order valence-corrected chi connectivity index (χ3v) is 3.00. The molecule has 1 N–H and O–H groups in total. The Morgan fingerprint density at radius 1 is 1.50 bits per heavy atom. The van der Waals surface area contributed by atoms with Gasteiger partial charge in [0.25, 0.3) is 0 Å². The Labute approximate surface area is 90.1 Å². The van der Waals surface area contributed by atoms with Crippen LogP contribution in [-0.2, 0) is 4.74 Å². The molecule has 4 heteroatoms. The van der Waals surface area contributed by atoms with Crippen LogP contribution in [-0.4, -0.2) is 18.2 Å². The molecule has 1 aliphatic rings. The first-order valence-electron chi connectivity index (χ1n) is 5.23. The van der Waals surface area contributed by atoms with E-state index in [1.807, 2.05) is 6.92 Å². The Morgan fingerprint density at radius 2 is 2.14 bits per heavy atom. The summed E-state index contributed by atoms with van der Waals surface area (Å²) < 4.78 is 4.62. The van der Waals surface area contributed by atoms with E-state index in [2.05, 4.69) is 10.1 Å². The Balaban J connectivity index is 2.25. The van der Waals surface area contributed by atoms with E-state index in [9.17, 15) is 4.79 Å². The number of carbonyl (C=O) groups is 1. The van der Waals surface area contributed by atoms with Crippen molar-refractivity contribution < 1.29 is 9.53 Å². The Bertz CT molecular complexity index is 181. The molecule has 1 amide bonds. The summed E-state index contributed by atoms with van der Waals surface area (Å²) in [7, 11) is 0. The van der Waals surface area contributed by atoms with E-state index >= 15 is 0 Å². The molecule has 0 aromatic rings. The Kier molecular flexibility index (Phi) is 5.09. The number of halogens is 1. The summed E-state index contributed by atoms with van der Waals surface area (Å²) in [5.74, 6) is 0.603. The summed E-state index contributed by atoms with van der Waals surface area (Å²) in [6.45, 7) is 2.03. The zero-order valence-electron chi connectivity index (χ0n) is 8.59. The largest absolute Gasteiger partial charge is 0.433 e. The molecule has 0 heterocycles. The van der Waals surface area contributed by atoms with Gasteiger partial charge in [-0.3, -0.25) is 0 Å². The number of carbonyl (C=O) groups excluding carboxylic acids is 1. The number of rotatable bonds is 3. The summed E-state index contributed by atoms with van der Waals surface area (Å²) >= 11 is 5.28. The van der Waals surface area contributed by atoms with Crippen LogP contribution in [0.3, 0.4) is 0 Å². The molecule has 1 atom stereocenters. The molecule has 0 radical (unpaired) electrons. The fourth-order valence-corrected chi connectivity index (χ4v) is 2.13. The highest BCUT2D eigenvalue weighted by Gasteiger charge is 2.21. The number of ether oxygens (including phenoxy) is 1. The third-order valence-electron chi connectivity index (χ3n) is 2.89. The molecule has 1 saturated carbocycles. The lowest BCUT2D eigenvalue weighted by Gasteiger charge is -2.27. The molecule has 0 aromatic carbocycles. The van der Waals surface area contributed by atoms with Crippen LogP contribution in [0, 0.1) is 5.92 Å². The van der Waals surface area contributed by atoms with E-state index in [-0.39, 0.29) is 12.1 Å². The SMILES string of the molecule is C[C@@H](NC(=O)OCCl)C1CCCCC1. The molecular weight excluding hydrogens is 202 g/mol. The van der Waals surface area contributed by atoms with Gasteiger partial charge in [-0.2, -0.15) is 0 Å². The quantitative estimate of drug-likeness (QED) is 0.742. The van der Waals surface area contributed by atoms with E-state index in [0.717, 1.165) is 0 Å². The molecule has 0 aliphatic heterocycles. The van der Waals surface area contributed by atoms with Crippen molar-refractivity contribution in [1.29, 1.82) is 0 Å². The highest BCUT2D eigenvalue weighted by Crippen LogP contribution is 2.26. The minimum absolute atomic E-state index is 0.0801.